The molecule has 1 aromatic rings. The number of allylic oxidation sites excluding steroid dienone is 2. The maximum absolute atomic E-state index is 12.6. The van der Waals surface area contributed by atoms with E-state index in [1.807, 2.05) is 19.9 Å². The minimum atomic E-state index is -0.957. The van der Waals surface area contributed by atoms with Crippen molar-refractivity contribution in [2.24, 2.45) is 11.8 Å². The highest BCUT2D eigenvalue weighted by molar-refractivity contribution is 5.98. The smallest absolute Gasteiger partial charge is 0.307 e. The quantitative estimate of drug-likeness (QED) is 0.690. The SMILES string of the molecule is CCCC(=O)Nc1cccc(NC(=O)[C@@H]2CC=CC[C@H]2C(=O)O)c1C. The first-order valence-corrected chi connectivity index (χ1v) is 8.52. The first-order chi connectivity index (χ1) is 11.9. The number of rotatable bonds is 6. The maximum Gasteiger partial charge on any atom is 0.307 e. The lowest BCUT2D eigenvalue weighted by Gasteiger charge is -2.24. The van der Waals surface area contributed by atoms with Crippen molar-refractivity contribution in [3.63, 3.8) is 0 Å². The van der Waals surface area contributed by atoms with E-state index >= 15 is 0 Å². The summed E-state index contributed by atoms with van der Waals surface area (Å²) in [6, 6.07) is 5.28. The van der Waals surface area contributed by atoms with Crippen molar-refractivity contribution < 1.29 is 19.5 Å². The zero-order valence-corrected chi connectivity index (χ0v) is 14.5. The molecular weight excluding hydrogens is 320 g/mol. The van der Waals surface area contributed by atoms with Crippen molar-refractivity contribution in [3.8, 4) is 0 Å². The predicted octanol–water partition coefficient (Wildman–Crippen LogP) is 3.34. The van der Waals surface area contributed by atoms with Gasteiger partial charge in [-0.1, -0.05) is 25.1 Å². The van der Waals surface area contributed by atoms with Gasteiger partial charge < -0.3 is 15.7 Å². The number of anilines is 2. The van der Waals surface area contributed by atoms with Gasteiger partial charge in [-0.05, 0) is 43.9 Å². The minimum Gasteiger partial charge on any atom is -0.481 e. The van der Waals surface area contributed by atoms with Gasteiger partial charge in [0.2, 0.25) is 11.8 Å². The summed E-state index contributed by atoms with van der Waals surface area (Å²) in [6.45, 7) is 3.74. The molecule has 1 aromatic carbocycles. The van der Waals surface area contributed by atoms with Crippen LogP contribution in [-0.4, -0.2) is 22.9 Å². The molecule has 3 N–H and O–H groups in total. The molecule has 2 atom stereocenters. The van der Waals surface area contributed by atoms with E-state index in [4.69, 9.17) is 0 Å². The number of hydrogen-bond acceptors (Lipinski definition) is 3. The highest BCUT2D eigenvalue weighted by atomic mass is 16.4. The number of amides is 2. The molecule has 6 nitrogen and oxygen atoms in total. The van der Waals surface area contributed by atoms with Crippen molar-refractivity contribution in [2.75, 3.05) is 10.6 Å². The van der Waals surface area contributed by atoms with Crippen LogP contribution in [-0.2, 0) is 14.4 Å². The Balaban J connectivity index is 2.14. The first kappa shape index (κ1) is 18.7. The molecule has 0 unspecified atom stereocenters. The molecule has 0 fully saturated rings. The van der Waals surface area contributed by atoms with Crippen LogP contribution in [0.4, 0.5) is 11.4 Å². The molecule has 134 valence electrons. The number of nitrogens with one attached hydrogen (secondary N) is 2. The fourth-order valence-corrected chi connectivity index (χ4v) is 2.95. The van der Waals surface area contributed by atoms with E-state index in [-0.39, 0.29) is 11.8 Å². The van der Waals surface area contributed by atoms with Gasteiger partial charge in [0.05, 0.1) is 11.8 Å². The van der Waals surface area contributed by atoms with Crippen LogP contribution in [0.5, 0.6) is 0 Å². The van der Waals surface area contributed by atoms with Gasteiger partial charge in [-0.2, -0.15) is 0 Å². The number of aliphatic carboxylic acids is 1. The average Bonchev–Trinajstić information content (AvgIpc) is 2.58. The standard InChI is InChI=1S/C19H24N2O4/c1-3-7-17(22)20-15-10-6-11-16(12(15)2)21-18(23)13-8-4-5-9-14(13)19(24)25/h4-6,10-11,13-14H,3,7-9H2,1-2H3,(H,20,22)(H,21,23)(H,24,25)/t13-,14-/m1/s1. The summed E-state index contributed by atoms with van der Waals surface area (Å²) in [5.74, 6) is -2.64. The summed E-state index contributed by atoms with van der Waals surface area (Å²) in [5.41, 5.74) is 1.98. The number of carboxylic acids is 1. The van der Waals surface area contributed by atoms with Crippen LogP contribution in [0.25, 0.3) is 0 Å². The van der Waals surface area contributed by atoms with E-state index in [2.05, 4.69) is 10.6 Å². The second kappa shape index (κ2) is 8.46. The first-order valence-electron chi connectivity index (χ1n) is 8.52. The molecule has 0 saturated heterocycles. The lowest BCUT2D eigenvalue weighted by molar-refractivity contribution is -0.146. The van der Waals surface area contributed by atoms with Gasteiger partial charge in [0.25, 0.3) is 0 Å². The van der Waals surface area contributed by atoms with Crippen LogP contribution in [0.2, 0.25) is 0 Å². The molecule has 2 amide bonds. The number of carbonyl (C=O) groups is 3. The Kier molecular flexibility index (Phi) is 6.33. The third-order valence-corrected chi connectivity index (χ3v) is 4.43. The van der Waals surface area contributed by atoms with Crippen molar-refractivity contribution in [1.29, 1.82) is 0 Å². The van der Waals surface area contributed by atoms with E-state index in [1.54, 1.807) is 24.3 Å². The highest BCUT2D eigenvalue weighted by Gasteiger charge is 2.34. The van der Waals surface area contributed by atoms with Crippen molar-refractivity contribution in [3.05, 3.63) is 35.9 Å². The van der Waals surface area contributed by atoms with Crippen molar-refractivity contribution in [2.45, 2.75) is 39.5 Å². The van der Waals surface area contributed by atoms with Crippen LogP contribution >= 0.6 is 0 Å². The molecule has 0 aliphatic heterocycles. The Morgan fingerprint density at radius 1 is 1.08 bits per heavy atom. The molecule has 0 heterocycles. The number of hydrogen-bond donors (Lipinski definition) is 3. The van der Waals surface area contributed by atoms with Crippen molar-refractivity contribution in [1.82, 2.24) is 0 Å². The van der Waals surface area contributed by atoms with Gasteiger partial charge in [0.1, 0.15) is 0 Å². The number of carbonyl (C=O) groups excluding carboxylic acids is 2. The summed E-state index contributed by atoms with van der Waals surface area (Å²) in [7, 11) is 0. The number of carboxylic acid groups (broad SMARTS) is 1. The van der Waals surface area contributed by atoms with Gasteiger partial charge in [0, 0.05) is 17.8 Å². The Morgan fingerprint density at radius 2 is 1.68 bits per heavy atom. The summed E-state index contributed by atoms with van der Waals surface area (Å²) in [4.78, 5) is 35.7. The molecule has 1 aliphatic carbocycles. The van der Waals surface area contributed by atoms with E-state index in [1.165, 1.54) is 0 Å². The monoisotopic (exact) mass is 344 g/mol. The zero-order valence-electron chi connectivity index (χ0n) is 14.5. The molecule has 1 aliphatic rings. The molecule has 6 heteroatoms. The third-order valence-electron chi connectivity index (χ3n) is 4.43. The Hall–Kier alpha value is -2.63. The Bertz CT molecular complexity index is 697. The van der Waals surface area contributed by atoms with Crippen LogP contribution in [0.1, 0.15) is 38.2 Å². The normalized spacial score (nSPS) is 19.3. The molecule has 0 spiro atoms. The summed E-state index contributed by atoms with van der Waals surface area (Å²) < 4.78 is 0. The van der Waals surface area contributed by atoms with Gasteiger partial charge in [-0.3, -0.25) is 14.4 Å². The molecule has 0 saturated carbocycles. The minimum absolute atomic E-state index is 0.0718. The van der Waals surface area contributed by atoms with Gasteiger partial charge >= 0.3 is 5.97 Å². The average molecular weight is 344 g/mol. The van der Waals surface area contributed by atoms with Crippen LogP contribution in [0.15, 0.2) is 30.4 Å². The zero-order chi connectivity index (χ0) is 18.4. The largest absolute Gasteiger partial charge is 0.481 e. The summed E-state index contributed by atoms with van der Waals surface area (Å²) in [5, 5.41) is 15.0. The van der Waals surface area contributed by atoms with Crippen LogP contribution < -0.4 is 10.6 Å². The topological polar surface area (TPSA) is 95.5 Å². The Morgan fingerprint density at radius 3 is 2.28 bits per heavy atom. The lowest BCUT2D eigenvalue weighted by Crippen LogP contribution is -2.34. The molecule has 0 bridgehead atoms. The van der Waals surface area contributed by atoms with Gasteiger partial charge in [-0.25, -0.2) is 0 Å². The van der Waals surface area contributed by atoms with Gasteiger partial charge in [0.15, 0.2) is 0 Å². The molecule has 25 heavy (non-hydrogen) atoms. The molecule has 0 radical (unpaired) electrons. The van der Waals surface area contributed by atoms with Crippen molar-refractivity contribution >= 4 is 29.2 Å². The van der Waals surface area contributed by atoms with E-state index in [0.29, 0.717) is 30.6 Å². The second-order valence-electron chi connectivity index (χ2n) is 6.26. The third kappa shape index (κ3) is 4.68. The fourth-order valence-electron chi connectivity index (χ4n) is 2.95. The second-order valence-corrected chi connectivity index (χ2v) is 6.26. The maximum atomic E-state index is 12.6. The van der Waals surface area contributed by atoms with E-state index < -0.39 is 17.8 Å². The van der Waals surface area contributed by atoms with Gasteiger partial charge in [-0.15, -0.1) is 0 Å². The van der Waals surface area contributed by atoms with E-state index in [9.17, 15) is 19.5 Å². The molecular formula is C19H24N2O4. The summed E-state index contributed by atoms with van der Waals surface area (Å²) in [6.07, 6.45) is 5.61. The van der Waals surface area contributed by atoms with Crippen LogP contribution in [0.3, 0.4) is 0 Å². The van der Waals surface area contributed by atoms with Crippen LogP contribution in [0, 0.1) is 18.8 Å². The predicted molar refractivity (Wildman–Crippen MR) is 96.3 cm³/mol. The molecule has 2 rings (SSSR count). The fraction of sp³-hybridized carbons (Fsp3) is 0.421. The highest BCUT2D eigenvalue weighted by Crippen LogP contribution is 2.29. The van der Waals surface area contributed by atoms with E-state index in [0.717, 1.165) is 12.0 Å². The lowest BCUT2D eigenvalue weighted by atomic mass is 9.82. The Labute approximate surface area is 147 Å². The number of benzene rings is 1. The molecule has 0 aromatic heterocycles. The summed E-state index contributed by atoms with van der Waals surface area (Å²) >= 11 is 0.